The first-order valence-electron chi connectivity index (χ1n) is 7.32. The lowest BCUT2D eigenvalue weighted by Crippen LogP contribution is -2.21. The number of methoxy groups -OCH3 is 1. The maximum Gasteiger partial charge on any atom is 0.257 e. The van der Waals surface area contributed by atoms with E-state index in [0.29, 0.717) is 18.2 Å². The molecule has 23 heavy (non-hydrogen) atoms. The van der Waals surface area contributed by atoms with Crippen LogP contribution in [-0.2, 0) is 11.8 Å². The summed E-state index contributed by atoms with van der Waals surface area (Å²) in [6.07, 6.45) is 2.33. The van der Waals surface area contributed by atoms with Crippen LogP contribution in [0.15, 0.2) is 30.5 Å². The van der Waals surface area contributed by atoms with Gasteiger partial charge in [0.25, 0.3) is 5.91 Å². The molecule has 1 atom stereocenters. The van der Waals surface area contributed by atoms with E-state index in [-0.39, 0.29) is 23.3 Å². The number of ether oxygens (including phenoxy) is 2. The second kappa shape index (κ2) is 7.64. The van der Waals surface area contributed by atoms with E-state index < -0.39 is 0 Å². The molecule has 1 aromatic heterocycles. The first-order chi connectivity index (χ1) is 11.0. The lowest BCUT2D eigenvalue weighted by atomic mass is 10.2. The summed E-state index contributed by atoms with van der Waals surface area (Å²) in [6.45, 7) is 2.41. The van der Waals surface area contributed by atoms with Crippen molar-refractivity contribution < 1.29 is 19.4 Å². The van der Waals surface area contributed by atoms with Gasteiger partial charge in [0.05, 0.1) is 6.61 Å². The van der Waals surface area contributed by atoms with Gasteiger partial charge >= 0.3 is 0 Å². The van der Waals surface area contributed by atoms with Crippen LogP contribution in [0, 0.1) is 0 Å². The summed E-state index contributed by atoms with van der Waals surface area (Å²) < 4.78 is 12.4. The quantitative estimate of drug-likeness (QED) is 0.817. The molecule has 124 valence electrons. The Bertz CT molecular complexity index is 669. The molecule has 0 saturated heterocycles. The van der Waals surface area contributed by atoms with Gasteiger partial charge in [0.1, 0.15) is 17.6 Å². The zero-order valence-corrected chi connectivity index (χ0v) is 13.4. The zero-order valence-electron chi connectivity index (χ0n) is 13.4. The van der Waals surface area contributed by atoms with E-state index in [4.69, 9.17) is 9.47 Å². The van der Waals surface area contributed by atoms with Gasteiger partial charge in [-0.25, -0.2) is 0 Å². The number of benzene rings is 1. The predicted molar refractivity (Wildman–Crippen MR) is 85.9 cm³/mol. The van der Waals surface area contributed by atoms with Crippen LogP contribution in [-0.4, -0.2) is 40.6 Å². The predicted octanol–water partition coefficient (Wildman–Crippen LogP) is 2.18. The first kappa shape index (κ1) is 16.8. The second-order valence-electron chi connectivity index (χ2n) is 5.15. The SMILES string of the molecule is CC[C@@H](COC)Oc1cc(O)cc(C(=O)Nc2ccn(C)n2)c1. The smallest absolute Gasteiger partial charge is 0.257 e. The van der Waals surface area contributed by atoms with Crippen LogP contribution in [0.1, 0.15) is 23.7 Å². The van der Waals surface area contributed by atoms with Crippen molar-refractivity contribution in [3.8, 4) is 11.5 Å². The number of phenols is 1. The van der Waals surface area contributed by atoms with E-state index in [9.17, 15) is 9.90 Å². The number of nitrogens with one attached hydrogen (secondary N) is 1. The number of carbonyl (C=O) groups is 1. The Morgan fingerprint density at radius 2 is 2.22 bits per heavy atom. The molecule has 7 nitrogen and oxygen atoms in total. The Hall–Kier alpha value is -2.54. The highest BCUT2D eigenvalue weighted by Crippen LogP contribution is 2.24. The number of amides is 1. The molecule has 7 heteroatoms. The highest BCUT2D eigenvalue weighted by molar-refractivity contribution is 6.04. The van der Waals surface area contributed by atoms with E-state index in [0.717, 1.165) is 6.42 Å². The fourth-order valence-electron chi connectivity index (χ4n) is 2.07. The average molecular weight is 319 g/mol. The van der Waals surface area contributed by atoms with Crippen LogP contribution in [0.4, 0.5) is 5.82 Å². The number of aryl methyl sites for hydroxylation is 1. The van der Waals surface area contributed by atoms with Gasteiger partial charge in [-0.15, -0.1) is 0 Å². The molecule has 0 radical (unpaired) electrons. The van der Waals surface area contributed by atoms with Crippen LogP contribution in [0.2, 0.25) is 0 Å². The van der Waals surface area contributed by atoms with Gasteiger partial charge in [0.2, 0.25) is 0 Å². The Balaban J connectivity index is 2.14. The van der Waals surface area contributed by atoms with Crippen molar-refractivity contribution in [3.05, 3.63) is 36.0 Å². The van der Waals surface area contributed by atoms with Crippen LogP contribution in [0.5, 0.6) is 11.5 Å². The van der Waals surface area contributed by atoms with Crippen LogP contribution < -0.4 is 10.1 Å². The monoisotopic (exact) mass is 319 g/mol. The molecule has 0 unspecified atom stereocenters. The maximum atomic E-state index is 12.3. The number of anilines is 1. The lowest BCUT2D eigenvalue weighted by Gasteiger charge is -2.17. The molecule has 0 aliphatic carbocycles. The normalized spacial score (nSPS) is 12.0. The molecule has 0 aliphatic heterocycles. The number of hydrogen-bond donors (Lipinski definition) is 2. The summed E-state index contributed by atoms with van der Waals surface area (Å²) in [6, 6.07) is 6.11. The largest absolute Gasteiger partial charge is 0.508 e. The molecule has 0 fully saturated rings. The van der Waals surface area contributed by atoms with Crippen LogP contribution in [0.25, 0.3) is 0 Å². The summed E-state index contributed by atoms with van der Waals surface area (Å²) in [5.41, 5.74) is 0.290. The van der Waals surface area contributed by atoms with Crippen molar-refractivity contribution >= 4 is 11.7 Å². The molecule has 2 rings (SSSR count). The summed E-state index contributed by atoms with van der Waals surface area (Å²) in [5, 5.41) is 16.6. The minimum atomic E-state index is -0.371. The molecule has 1 amide bonds. The molecule has 1 aromatic carbocycles. The van der Waals surface area contributed by atoms with Crippen molar-refractivity contribution in [1.29, 1.82) is 0 Å². The molecular formula is C16H21N3O4. The Labute approximate surface area is 134 Å². The molecule has 1 heterocycles. The summed E-state index contributed by atoms with van der Waals surface area (Å²) in [4.78, 5) is 12.3. The van der Waals surface area contributed by atoms with Gasteiger partial charge in [-0.2, -0.15) is 5.10 Å². The Morgan fingerprint density at radius 1 is 1.43 bits per heavy atom. The number of nitrogens with zero attached hydrogens (tertiary/aromatic N) is 2. The number of phenolic OH excluding ortho intramolecular Hbond substituents is 1. The Kier molecular flexibility index (Phi) is 5.59. The molecule has 0 spiro atoms. The van der Waals surface area contributed by atoms with Crippen molar-refractivity contribution in [2.45, 2.75) is 19.4 Å². The van der Waals surface area contributed by atoms with E-state index >= 15 is 0 Å². The summed E-state index contributed by atoms with van der Waals surface area (Å²) >= 11 is 0. The maximum absolute atomic E-state index is 12.3. The van der Waals surface area contributed by atoms with Gasteiger partial charge in [-0.05, 0) is 18.6 Å². The number of aromatic hydroxyl groups is 1. The van der Waals surface area contributed by atoms with Crippen LogP contribution >= 0.6 is 0 Å². The lowest BCUT2D eigenvalue weighted by molar-refractivity contribution is 0.0784. The standard InChI is InChI=1S/C16H21N3O4/c1-4-13(10-22-3)23-14-8-11(7-12(20)9-14)16(21)17-15-5-6-19(2)18-15/h5-9,13,20H,4,10H2,1-3H3,(H,17,18,21)/t13-/m0/s1. The molecule has 0 saturated carbocycles. The van der Waals surface area contributed by atoms with E-state index in [2.05, 4.69) is 10.4 Å². The summed E-state index contributed by atoms with van der Waals surface area (Å²) in [7, 11) is 3.36. The molecular weight excluding hydrogens is 298 g/mol. The number of hydrogen-bond acceptors (Lipinski definition) is 5. The third kappa shape index (κ3) is 4.72. The highest BCUT2D eigenvalue weighted by atomic mass is 16.5. The van der Waals surface area contributed by atoms with Gasteiger partial charge in [0, 0.05) is 38.1 Å². The van der Waals surface area contributed by atoms with Crippen molar-refractivity contribution in [1.82, 2.24) is 9.78 Å². The van der Waals surface area contributed by atoms with Crippen LogP contribution in [0.3, 0.4) is 0 Å². The molecule has 2 N–H and O–H groups in total. The topological polar surface area (TPSA) is 85.6 Å². The fraction of sp³-hybridized carbons (Fsp3) is 0.375. The molecule has 0 bridgehead atoms. The number of carbonyl (C=O) groups excluding carboxylic acids is 1. The summed E-state index contributed by atoms with van der Waals surface area (Å²) in [5.74, 6) is 0.444. The van der Waals surface area contributed by atoms with Gasteiger partial charge in [0.15, 0.2) is 5.82 Å². The van der Waals surface area contributed by atoms with Crippen molar-refractivity contribution in [3.63, 3.8) is 0 Å². The number of rotatable bonds is 7. The average Bonchev–Trinajstić information content (AvgIpc) is 2.91. The van der Waals surface area contributed by atoms with E-state index in [1.165, 1.54) is 12.1 Å². The van der Waals surface area contributed by atoms with Gasteiger partial charge < -0.3 is 19.9 Å². The van der Waals surface area contributed by atoms with E-state index in [1.54, 1.807) is 37.2 Å². The highest BCUT2D eigenvalue weighted by Gasteiger charge is 2.13. The van der Waals surface area contributed by atoms with Gasteiger partial charge in [-0.3, -0.25) is 9.48 Å². The third-order valence-corrected chi connectivity index (χ3v) is 3.22. The minimum Gasteiger partial charge on any atom is -0.508 e. The van der Waals surface area contributed by atoms with Crippen molar-refractivity contribution in [2.75, 3.05) is 19.0 Å². The Morgan fingerprint density at radius 3 is 2.83 bits per heavy atom. The third-order valence-electron chi connectivity index (χ3n) is 3.22. The van der Waals surface area contributed by atoms with Crippen molar-refractivity contribution in [2.24, 2.45) is 7.05 Å². The second-order valence-corrected chi connectivity index (χ2v) is 5.15. The molecule has 0 aliphatic rings. The zero-order chi connectivity index (χ0) is 16.8. The number of aromatic nitrogens is 2. The van der Waals surface area contributed by atoms with Gasteiger partial charge in [-0.1, -0.05) is 6.92 Å². The van der Waals surface area contributed by atoms with E-state index in [1.807, 2.05) is 6.92 Å². The molecule has 2 aromatic rings. The fourth-order valence-corrected chi connectivity index (χ4v) is 2.07. The minimum absolute atomic E-state index is 0.0408. The first-order valence-corrected chi connectivity index (χ1v) is 7.32.